The SMILES string of the molecule is CCOC(=O)c1c(Cl)cncc1/C=N/NC(C)=O. The zero-order valence-corrected chi connectivity index (χ0v) is 10.7. The monoisotopic (exact) mass is 269 g/mol. The van der Waals surface area contributed by atoms with Crippen LogP contribution in [0.1, 0.15) is 29.8 Å². The highest BCUT2D eigenvalue weighted by molar-refractivity contribution is 6.34. The van der Waals surface area contributed by atoms with Gasteiger partial charge in [-0.25, -0.2) is 10.2 Å². The van der Waals surface area contributed by atoms with Crippen molar-refractivity contribution in [2.24, 2.45) is 5.10 Å². The Labute approximate surface area is 109 Å². The van der Waals surface area contributed by atoms with Gasteiger partial charge >= 0.3 is 5.97 Å². The summed E-state index contributed by atoms with van der Waals surface area (Å²) < 4.78 is 4.88. The summed E-state index contributed by atoms with van der Waals surface area (Å²) in [5.74, 6) is -0.881. The van der Waals surface area contributed by atoms with Gasteiger partial charge in [0.15, 0.2) is 0 Å². The molecule has 1 aromatic rings. The number of hydrogen-bond acceptors (Lipinski definition) is 5. The molecule has 0 radical (unpaired) electrons. The van der Waals surface area contributed by atoms with Crippen LogP contribution in [0.3, 0.4) is 0 Å². The van der Waals surface area contributed by atoms with Gasteiger partial charge in [-0.1, -0.05) is 11.6 Å². The molecule has 0 aliphatic rings. The van der Waals surface area contributed by atoms with Gasteiger partial charge in [-0.05, 0) is 6.92 Å². The molecule has 96 valence electrons. The first-order valence-corrected chi connectivity index (χ1v) is 5.54. The Balaban J connectivity index is 3.04. The average Bonchev–Trinajstić information content (AvgIpc) is 2.28. The van der Waals surface area contributed by atoms with E-state index in [2.05, 4.69) is 15.5 Å². The number of aromatic nitrogens is 1. The van der Waals surface area contributed by atoms with Crippen molar-refractivity contribution in [2.75, 3.05) is 6.61 Å². The predicted molar refractivity (Wildman–Crippen MR) is 66.6 cm³/mol. The molecule has 1 N–H and O–H groups in total. The first-order valence-electron chi connectivity index (χ1n) is 5.16. The lowest BCUT2D eigenvalue weighted by Crippen LogP contribution is -2.14. The van der Waals surface area contributed by atoms with Crippen molar-refractivity contribution in [3.63, 3.8) is 0 Å². The molecule has 0 atom stereocenters. The van der Waals surface area contributed by atoms with E-state index in [1.54, 1.807) is 6.92 Å². The van der Waals surface area contributed by atoms with Crippen LogP contribution in [0.5, 0.6) is 0 Å². The summed E-state index contributed by atoms with van der Waals surface area (Å²) in [6.07, 6.45) is 4.03. The molecule has 1 heterocycles. The number of amides is 1. The molecule has 0 saturated carbocycles. The van der Waals surface area contributed by atoms with E-state index in [0.717, 1.165) is 0 Å². The Morgan fingerprint density at radius 1 is 1.56 bits per heavy atom. The number of carbonyl (C=O) groups excluding carboxylic acids is 2. The van der Waals surface area contributed by atoms with Crippen LogP contribution >= 0.6 is 11.6 Å². The van der Waals surface area contributed by atoms with Gasteiger partial charge < -0.3 is 4.74 Å². The zero-order valence-electron chi connectivity index (χ0n) is 9.94. The first kappa shape index (κ1) is 14.1. The van der Waals surface area contributed by atoms with Crippen LogP contribution in [-0.4, -0.2) is 29.7 Å². The second-order valence-corrected chi connectivity index (χ2v) is 3.64. The third kappa shape index (κ3) is 3.81. The van der Waals surface area contributed by atoms with Crippen molar-refractivity contribution in [3.8, 4) is 0 Å². The molecule has 0 unspecified atom stereocenters. The molecule has 0 saturated heterocycles. The summed E-state index contributed by atoms with van der Waals surface area (Å²) in [5, 5.41) is 3.82. The van der Waals surface area contributed by atoms with Gasteiger partial charge in [-0.3, -0.25) is 9.78 Å². The highest BCUT2D eigenvalue weighted by Gasteiger charge is 2.16. The van der Waals surface area contributed by atoms with Crippen molar-refractivity contribution in [2.45, 2.75) is 13.8 Å². The number of hydrazone groups is 1. The molecular formula is C11H12ClN3O3. The van der Waals surface area contributed by atoms with Crippen LogP contribution in [-0.2, 0) is 9.53 Å². The van der Waals surface area contributed by atoms with Crippen molar-refractivity contribution in [3.05, 3.63) is 28.5 Å². The minimum atomic E-state index is -0.561. The van der Waals surface area contributed by atoms with Crippen LogP contribution in [0.4, 0.5) is 0 Å². The van der Waals surface area contributed by atoms with Crippen LogP contribution in [0.15, 0.2) is 17.5 Å². The summed E-state index contributed by atoms with van der Waals surface area (Å²) in [5.41, 5.74) is 2.76. The van der Waals surface area contributed by atoms with Crippen LogP contribution in [0.2, 0.25) is 5.02 Å². The Kier molecular flexibility index (Phi) is 5.26. The number of rotatable bonds is 4. The molecule has 1 aromatic heterocycles. The zero-order chi connectivity index (χ0) is 13.5. The fourth-order valence-electron chi connectivity index (χ4n) is 1.16. The van der Waals surface area contributed by atoms with Crippen molar-refractivity contribution < 1.29 is 14.3 Å². The van der Waals surface area contributed by atoms with E-state index in [-0.39, 0.29) is 23.1 Å². The maximum Gasteiger partial charge on any atom is 0.340 e. The topological polar surface area (TPSA) is 80.7 Å². The second kappa shape index (κ2) is 6.70. The Hall–Kier alpha value is -1.95. The number of carbonyl (C=O) groups is 2. The molecular weight excluding hydrogens is 258 g/mol. The van der Waals surface area contributed by atoms with E-state index >= 15 is 0 Å². The molecule has 1 rings (SSSR count). The third-order valence-electron chi connectivity index (χ3n) is 1.83. The maximum absolute atomic E-state index is 11.7. The molecule has 0 bridgehead atoms. The standard InChI is InChI=1S/C11H12ClN3O3/c1-3-18-11(17)10-8(4-13-6-9(10)12)5-14-15-7(2)16/h4-6H,3H2,1-2H3,(H,15,16)/b14-5+. The minimum absolute atomic E-state index is 0.167. The van der Waals surface area contributed by atoms with Crippen LogP contribution in [0.25, 0.3) is 0 Å². The van der Waals surface area contributed by atoms with Crippen molar-refractivity contribution in [1.29, 1.82) is 0 Å². The number of halogens is 1. The average molecular weight is 270 g/mol. The van der Waals surface area contributed by atoms with Gasteiger partial charge in [0.05, 0.1) is 23.4 Å². The molecule has 6 nitrogen and oxygen atoms in total. The molecule has 7 heteroatoms. The molecule has 1 amide bonds. The van der Waals surface area contributed by atoms with Crippen molar-refractivity contribution >= 4 is 29.7 Å². The highest BCUT2D eigenvalue weighted by atomic mass is 35.5. The van der Waals surface area contributed by atoms with Gasteiger partial charge in [0.1, 0.15) is 0 Å². The Bertz CT molecular complexity index is 488. The van der Waals surface area contributed by atoms with E-state index in [1.165, 1.54) is 25.5 Å². The van der Waals surface area contributed by atoms with Gasteiger partial charge in [-0.15, -0.1) is 0 Å². The summed E-state index contributed by atoms with van der Waals surface area (Å²) in [6, 6.07) is 0. The predicted octanol–water partition coefficient (Wildman–Crippen LogP) is 1.38. The van der Waals surface area contributed by atoms with Gasteiger partial charge in [0.25, 0.3) is 0 Å². The van der Waals surface area contributed by atoms with E-state index in [1.807, 2.05) is 0 Å². The van der Waals surface area contributed by atoms with Crippen LogP contribution in [0, 0.1) is 0 Å². The maximum atomic E-state index is 11.7. The summed E-state index contributed by atoms with van der Waals surface area (Å²) >= 11 is 5.89. The van der Waals surface area contributed by atoms with E-state index in [4.69, 9.17) is 16.3 Å². The quantitative estimate of drug-likeness (QED) is 0.509. The number of nitrogens with one attached hydrogen (secondary N) is 1. The molecule has 0 aliphatic heterocycles. The molecule has 18 heavy (non-hydrogen) atoms. The van der Waals surface area contributed by atoms with E-state index in [0.29, 0.717) is 5.56 Å². The minimum Gasteiger partial charge on any atom is -0.462 e. The number of esters is 1. The highest BCUT2D eigenvalue weighted by Crippen LogP contribution is 2.18. The van der Waals surface area contributed by atoms with E-state index in [9.17, 15) is 9.59 Å². The molecule has 0 aliphatic carbocycles. The summed E-state index contributed by atoms with van der Waals surface area (Å²) in [4.78, 5) is 26.2. The normalized spacial score (nSPS) is 10.4. The fourth-order valence-corrected chi connectivity index (χ4v) is 1.40. The third-order valence-corrected chi connectivity index (χ3v) is 2.12. The molecule has 0 spiro atoms. The number of nitrogens with zero attached hydrogens (tertiary/aromatic N) is 2. The second-order valence-electron chi connectivity index (χ2n) is 3.23. The van der Waals surface area contributed by atoms with Gasteiger partial charge in [-0.2, -0.15) is 5.10 Å². The lowest BCUT2D eigenvalue weighted by atomic mass is 10.1. The summed E-state index contributed by atoms with van der Waals surface area (Å²) in [6.45, 7) is 3.25. The number of pyridine rings is 1. The lowest BCUT2D eigenvalue weighted by molar-refractivity contribution is -0.118. The molecule has 0 aromatic carbocycles. The van der Waals surface area contributed by atoms with E-state index < -0.39 is 5.97 Å². The smallest absolute Gasteiger partial charge is 0.340 e. The van der Waals surface area contributed by atoms with Gasteiger partial charge in [0, 0.05) is 24.9 Å². The van der Waals surface area contributed by atoms with Gasteiger partial charge in [0.2, 0.25) is 5.91 Å². The van der Waals surface area contributed by atoms with Crippen molar-refractivity contribution in [1.82, 2.24) is 10.4 Å². The molecule has 0 fully saturated rings. The fraction of sp³-hybridized carbons (Fsp3) is 0.273. The van der Waals surface area contributed by atoms with Crippen LogP contribution < -0.4 is 5.43 Å². The number of hydrogen-bond donors (Lipinski definition) is 1. The lowest BCUT2D eigenvalue weighted by Gasteiger charge is -2.06. The Morgan fingerprint density at radius 2 is 2.28 bits per heavy atom. The largest absolute Gasteiger partial charge is 0.462 e. The first-order chi connectivity index (χ1) is 8.56. The summed E-state index contributed by atoms with van der Waals surface area (Å²) in [7, 11) is 0. The number of ether oxygens (including phenoxy) is 1. The Morgan fingerprint density at radius 3 is 2.89 bits per heavy atom.